The maximum Gasteiger partial charge on any atom is 0.309 e. The zero-order chi connectivity index (χ0) is 17.9. The molecule has 0 aliphatic carbocycles. The molecule has 4 nitrogen and oxygen atoms in total. The van der Waals surface area contributed by atoms with Crippen LogP contribution >= 0.6 is 11.3 Å². The van der Waals surface area contributed by atoms with Crippen LogP contribution in [0.15, 0.2) is 72.1 Å². The summed E-state index contributed by atoms with van der Waals surface area (Å²) in [5.41, 5.74) is 1.52. The van der Waals surface area contributed by atoms with Crippen LogP contribution in [-0.2, 0) is 11.2 Å². The SMILES string of the molecule is O=C(O)Cc1csc(-c2ccc(Oc3ccc4ccccc4c3)cc2)n1. The Kier molecular flexibility index (Phi) is 4.37. The average Bonchev–Trinajstić information content (AvgIpc) is 3.10. The average molecular weight is 361 g/mol. The van der Waals surface area contributed by atoms with Gasteiger partial charge >= 0.3 is 5.97 Å². The van der Waals surface area contributed by atoms with Crippen molar-refractivity contribution >= 4 is 28.1 Å². The van der Waals surface area contributed by atoms with E-state index in [1.165, 1.54) is 16.7 Å². The van der Waals surface area contributed by atoms with E-state index in [1.54, 1.807) is 5.38 Å². The minimum Gasteiger partial charge on any atom is -0.481 e. The summed E-state index contributed by atoms with van der Waals surface area (Å²) in [7, 11) is 0. The Bertz CT molecular complexity index is 1070. The van der Waals surface area contributed by atoms with E-state index in [-0.39, 0.29) is 6.42 Å². The number of thiazole rings is 1. The Labute approximate surface area is 154 Å². The van der Waals surface area contributed by atoms with Crippen molar-refractivity contribution in [3.63, 3.8) is 0 Å². The number of nitrogens with zero attached hydrogens (tertiary/aromatic N) is 1. The lowest BCUT2D eigenvalue weighted by atomic mass is 10.1. The molecule has 1 N–H and O–H groups in total. The van der Waals surface area contributed by atoms with Gasteiger partial charge in [-0.25, -0.2) is 4.98 Å². The number of ether oxygens (including phenoxy) is 1. The number of carboxylic acids is 1. The monoisotopic (exact) mass is 361 g/mol. The molecule has 1 heterocycles. The highest BCUT2D eigenvalue weighted by molar-refractivity contribution is 7.13. The van der Waals surface area contributed by atoms with Gasteiger partial charge in [-0.3, -0.25) is 4.79 Å². The second-order valence-electron chi connectivity index (χ2n) is 5.85. The standard InChI is InChI=1S/C21H15NO3S/c23-20(24)12-17-13-26-21(22-17)15-6-8-18(9-7-15)25-19-10-5-14-3-1-2-4-16(14)11-19/h1-11,13H,12H2,(H,23,24). The largest absolute Gasteiger partial charge is 0.481 e. The van der Waals surface area contributed by atoms with Crippen molar-refractivity contribution in [3.8, 4) is 22.1 Å². The van der Waals surface area contributed by atoms with Crippen molar-refractivity contribution in [2.75, 3.05) is 0 Å². The van der Waals surface area contributed by atoms with Gasteiger partial charge in [0.2, 0.25) is 0 Å². The number of hydrogen-bond acceptors (Lipinski definition) is 4. The first-order valence-electron chi connectivity index (χ1n) is 8.11. The lowest BCUT2D eigenvalue weighted by molar-refractivity contribution is -0.136. The molecule has 0 spiro atoms. The number of fused-ring (bicyclic) bond motifs is 1. The molecule has 4 rings (SSSR count). The van der Waals surface area contributed by atoms with E-state index in [2.05, 4.69) is 17.1 Å². The highest BCUT2D eigenvalue weighted by Gasteiger charge is 2.08. The number of aliphatic carboxylic acids is 1. The number of benzene rings is 3. The van der Waals surface area contributed by atoms with Crippen LogP contribution in [0.25, 0.3) is 21.3 Å². The molecule has 5 heteroatoms. The van der Waals surface area contributed by atoms with E-state index >= 15 is 0 Å². The van der Waals surface area contributed by atoms with Gasteiger partial charge in [0.25, 0.3) is 0 Å². The van der Waals surface area contributed by atoms with E-state index in [9.17, 15) is 4.79 Å². The van der Waals surface area contributed by atoms with Crippen molar-refractivity contribution in [2.45, 2.75) is 6.42 Å². The van der Waals surface area contributed by atoms with Crippen molar-refractivity contribution in [3.05, 3.63) is 77.8 Å². The fraction of sp³-hybridized carbons (Fsp3) is 0.0476. The second-order valence-corrected chi connectivity index (χ2v) is 6.71. The summed E-state index contributed by atoms with van der Waals surface area (Å²) in [4.78, 5) is 15.1. The van der Waals surface area contributed by atoms with E-state index in [4.69, 9.17) is 9.84 Å². The molecule has 0 saturated carbocycles. The molecule has 0 radical (unpaired) electrons. The van der Waals surface area contributed by atoms with Crippen LogP contribution in [0.1, 0.15) is 5.69 Å². The summed E-state index contributed by atoms with van der Waals surface area (Å²) in [6, 6.07) is 21.8. The van der Waals surface area contributed by atoms with Crippen LogP contribution in [-0.4, -0.2) is 16.1 Å². The minimum absolute atomic E-state index is 0.0559. The molecule has 128 valence electrons. The first-order valence-corrected chi connectivity index (χ1v) is 8.99. The fourth-order valence-corrected chi connectivity index (χ4v) is 3.53. The van der Waals surface area contributed by atoms with Gasteiger partial charge in [0, 0.05) is 10.9 Å². The number of carbonyl (C=O) groups is 1. The topological polar surface area (TPSA) is 59.4 Å². The van der Waals surface area contributed by atoms with Crippen LogP contribution in [0.2, 0.25) is 0 Å². The molecule has 3 aromatic carbocycles. The summed E-state index contributed by atoms with van der Waals surface area (Å²) < 4.78 is 5.94. The van der Waals surface area contributed by atoms with Gasteiger partial charge in [-0.15, -0.1) is 11.3 Å². The Hall–Kier alpha value is -3.18. The van der Waals surface area contributed by atoms with Crippen molar-refractivity contribution in [1.82, 2.24) is 4.98 Å². The van der Waals surface area contributed by atoms with Crippen LogP contribution in [0.3, 0.4) is 0 Å². The number of carboxylic acid groups (broad SMARTS) is 1. The lowest BCUT2D eigenvalue weighted by Gasteiger charge is -2.07. The lowest BCUT2D eigenvalue weighted by Crippen LogP contribution is -1.99. The maximum atomic E-state index is 10.8. The maximum absolute atomic E-state index is 10.8. The molecule has 0 atom stereocenters. The van der Waals surface area contributed by atoms with Crippen LogP contribution in [0, 0.1) is 0 Å². The van der Waals surface area contributed by atoms with Crippen molar-refractivity contribution < 1.29 is 14.6 Å². The first-order chi connectivity index (χ1) is 12.7. The van der Waals surface area contributed by atoms with Gasteiger partial charge in [0.1, 0.15) is 16.5 Å². The predicted molar refractivity (Wildman–Crippen MR) is 103 cm³/mol. The molecule has 0 fully saturated rings. The third-order valence-corrected chi connectivity index (χ3v) is 4.88. The van der Waals surface area contributed by atoms with E-state index in [0.29, 0.717) is 5.69 Å². The van der Waals surface area contributed by atoms with Crippen molar-refractivity contribution in [1.29, 1.82) is 0 Å². The molecule has 26 heavy (non-hydrogen) atoms. The summed E-state index contributed by atoms with van der Waals surface area (Å²) in [5, 5.41) is 13.7. The molecule has 0 aliphatic heterocycles. The Balaban J connectivity index is 1.51. The molecule has 0 saturated heterocycles. The number of rotatable bonds is 5. The zero-order valence-corrected chi connectivity index (χ0v) is 14.6. The van der Waals surface area contributed by atoms with E-state index in [0.717, 1.165) is 27.5 Å². The highest BCUT2D eigenvalue weighted by Crippen LogP contribution is 2.29. The molecule has 0 unspecified atom stereocenters. The number of hydrogen-bond donors (Lipinski definition) is 1. The quantitative estimate of drug-likeness (QED) is 0.518. The van der Waals surface area contributed by atoms with Gasteiger partial charge in [-0.05, 0) is 47.2 Å². The third kappa shape index (κ3) is 3.58. The van der Waals surface area contributed by atoms with Gasteiger partial charge < -0.3 is 9.84 Å². The molecule has 0 bridgehead atoms. The Morgan fingerprint density at radius 1 is 0.962 bits per heavy atom. The van der Waals surface area contributed by atoms with E-state index < -0.39 is 5.97 Å². The van der Waals surface area contributed by atoms with Crippen LogP contribution in [0.5, 0.6) is 11.5 Å². The predicted octanol–water partition coefficient (Wildman–Crippen LogP) is 5.38. The van der Waals surface area contributed by atoms with Crippen LogP contribution < -0.4 is 4.74 Å². The zero-order valence-electron chi connectivity index (χ0n) is 13.8. The van der Waals surface area contributed by atoms with Gasteiger partial charge in [-0.1, -0.05) is 30.3 Å². The molecular weight excluding hydrogens is 346 g/mol. The first kappa shape index (κ1) is 16.3. The van der Waals surface area contributed by atoms with Gasteiger partial charge in [-0.2, -0.15) is 0 Å². The van der Waals surface area contributed by atoms with Crippen molar-refractivity contribution in [2.24, 2.45) is 0 Å². The molecule has 0 aliphatic rings. The van der Waals surface area contributed by atoms with Gasteiger partial charge in [0.15, 0.2) is 0 Å². The summed E-state index contributed by atoms with van der Waals surface area (Å²) >= 11 is 1.44. The summed E-state index contributed by atoms with van der Waals surface area (Å²) in [6.07, 6.45) is -0.0559. The molecular formula is C21H15NO3S. The molecule has 4 aromatic rings. The third-order valence-electron chi connectivity index (χ3n) is 3.94. The minimum atomic E-state index is -0.874. The Morgan fingerprint density at radius 3 is 2.46 bits per heavy atom. The van der Waals surface area contributed by atoms with E-state index in [1.807, 2.05) is 54.6 Å². The number of aromatic nitrogens is 1. The Morgan fingerprint density at radius 2 is 1.69 bits per heavy atom. The normalized spacial score (nSPS) is 10.8. The summed E-state index contributed by atoms with van der Waals surface area (Å²) in [6.45, 7) is 0. The highest BCUT2D eigenvalue weighted by atomic mass is 32.1. The van der Waals surface area contributed by atoms with Crippen LogP contribution in [0.4, 0.5) is 0 Å². The molecule has 1 aromatic heterocycles. The van der Waals surface area contributed by atoms with Gasteiger partial charge in [0.05, 0.1) is 12.1 Å². The molecule has 0 amide bonds. The summed E-state index contributed by atoms with van der Waals surface area (Å²) in [5.74, 6) is 0.654. The smallest absolute Gasteiger partial charge is 0.309 e. The second kappa shape index (κ2) is 6.98. The fourth-order valence-electron chi connectivity index (χ4n) is 2.71.